The molecule has 0 radical (unpaired) electrons. The van der Waals surface area contributed by atoms with Gasteiger partial charge in [-0.1, -0.05) is 48.5 Å². The predicted molar refractivity (Wildman–Crippen MR) is 154 cm³/mol. The van der Waals surface area contributed by atoms with Crippen LogP contribution in [0.15, 0.2) is 71.5 Å². The van der Waals surface area contributed by atoms with E-state index in [4.69, 9.17) is 9.47 Å². The highest BCUT2D eigenvalue weighted by atomic mass is 79.9. The van der Waals surface area contributed by atoms with E-state index in [9.17, 15) is 14.7 Å². The third kappa shape index (κ3) is 5.03. The van der Waals surface area contributed by atoms with Crippen molar-refractivity contribution in [2.75, 3.05) is 26.3 Å². The van der Waals surface area contributed by atoms with Crippen LogP contribution in [-0.4, -0.2) is 53.4 Å². The molecule has 1 amide bonds. The highest BCUT2D eigenvalue weighted by Crippen LogP contribution is 2.53. The number of likely N-dealkylation sites (tertiary alicyclic amines) is 1. The lowest BCUT2D eigenvalue weighted by molar-refractivity contribution is -0.157. The van der Waals surface area contributed by atoms with E-state index in [1.807, 2.05) is 23.1 Å². The van der Waals surface area contributed by atoms with Crippen LogP contribution in [0, 0.1) is 5.41 Å². The van der Waals surface area contributed by atoms with Gasteiger partial charge >= 0.3 is 12.1 Å². The van der Waals surface area contributed by atoms with E-state index in [1.54, 1.807) is 12.4 Å². The van der Waals surface area contributed by atoms with Crippen LogP contribution in [-0.2, 0) is 19.9 Å². The first-order valence-corrected chi connectivity index (χ1v) is 14.7. The van der Waals surface area contributed by atoms with Crippen LogP contribution in [0.2, 0.25) is 0 Å². The van der Waals surface area contributed by atoms with Gasteiger partial charge in [-0.25, -0.2) is 9.59 Å². The molecule has 2 fully saturated rings. The molecule has 1 N–H and O–H groups in total. The maximum atomic E-state index is 13.1. The van der Waals surface area contributed by atoms with Gasteiger partial charge < -0.3 is 19.5 Å². The van der Waals surface area contributed by atoms with E-state index in [1.165, 1.54) is 22.3 Å². The van der Waals surface area contributed by atoms with Gasteiger partial charge in [-0.05, 0) is 88.2 Å². The van der Waals surface area contributed by atoms with Gasteiger partial charge in [-0.2, -0.15) is 0 Å². The summed E-state index contributed by atoms with van der Waals surface area (Å²) in [6.07, 6.45) is 8.32. The number of carbonyl (C=O) groups is 2. The minimum atomic E-state index is -0.971. The summed E-state index contributed by atoms with van der Waals surface area (Å²) in [5.74, 6) is -0.918. The topological polar surface area (TPSA) is 89.0 Å². The first-order valence-electron chi connectivity index (χ1n) is 14.0. The van der Waals surface area contributed by atoms with Crippen LogP contribution >= 0.6 is 15.9 Å². The standard InChI is InChI=1S/C32H33BrN2O5/c33-28-19-34-16-9-27(28)32(40-21-29(36)37)12-10-31(11-13-32)14-17-35(18-15-31)30(38)39-20-26-24-7-3-1-5-22(24)23-6-2-4-8-25(23)26/h1-9,16,19,26H,10-15,17-18,20-21H2,(H,36,37). The highest BCUT2D eigenvalue weighted by molar-refractivity contribution is 9.10. The van der Waals surface area contributed by atoms with Crippen molar-refractivity contribution in [3.05, 3.63) is 88.2 Å². The number of nitrogens with zero attached hydrogens (tertiary/aromatic N) is 2. The number of pyridine rings is 1. The van der Waals surface area contributed by atoms with Gasteiger partial charge in [0.15, 0.2) is 0 Å². The molecule has 2 aliphatic carbocycles. The number of rotatable bonds is 6. The number of hydrogen-bond donors (Lipinski definition) is 1. The third-order valence-electron chi connectivity index (χ3n) is 9.27. The average Bonchev–Trinajstić information content (AvgIpc) is 3.30. The van der Waals surface area contributed by atoms with E-state index >= 15 is 0 Å². The zero-order valence-corrected chi connectivity index (χ0v) is 23.9. The molecule has 2 aromatic carbocycles. The van der Waals surface area contributed by atoms with Gasteiger partial charge in [0.2, 0.25) is 0 Å². The fraction of sp³-hybridized carbons (Fsp3) is 0.406. The number of carboxylic acids is 1. The van der Waals surface area contributed by atoms with Gasteiger partial charge in [0.1, 0.15) is 13.2 Å². The van der Waals surface area contributed by atoms with Crippen molar-refractivity contribution in [3.8, 4) is 11.1 Å². The quantitative estimate of drug-likeness (QED) is 0.335. The number of fused-ring (bicyclic) bond motifs is 3. The van der Waals surface area contributed by atoms with Crippen LogP contribution in [0.4, 0.5) is 4.79 Å². The van der Waals surface area contributed by atoms with Crippen molar-refractivity contribution < 1.29 is 24.2 Å². The molecule has 2 heterocycles. The lowest BCUT2D eigenvalue weighted by atomic mass is 9.63. The summed E-state index contributed by atoms with van der Waals surface area (Å²) in [6, 6.07) is 18.7. The molecule has 1 aliphatic heterocycles. The Morgan fingerprint density at radius 3 is 2.15 bits per heavy atom. The lowest BCUT2D eigenvalue weighted by Crippen LogP contribution is -2.47. The Kier molecular flexibility index (Phi) is 7.40. The number of carbonyl (C=O) groups excluding carboxylic acids is 1. The molecule has 1 spiro atoms. The molecule has 0 unspecified atom stereocenters. The number of carboxylic acid groups (broad SMARTS) is 1. The van der Waals surface area contributed by atoms with Crippen LogP contribution < -0.4 is 0 Å². The van der Waals surface area contributed by atoms with E-state index in [0.29, 0.717) is 19.7 Å². The molecule has 6 rings (SSSR count). The number of aromatic nitrogens is 1. The summed E-state index contributed by atoms with van der Waals surface area (Å²) in [5, 5.41) is 9.31. The van der Waals surface area contributed by atoms with Crippen LogP contribution in [0.5, 0.6) is 0 Å². The molecule has 8 heteroatoms. The Balaban J connectivity index is 1.07. The van der Waals surface area contributed by atoms with Gasteiger partial charge in [-0.15, -0.1) is 0 Å². The van der Waals surface area contributed by atoms with E-state index in [0.717, 1.165) is 48.6 Å². The Morgan fingerprint density at radius 1 is 0.925 bits per heavy atom. The first kappa shape index (κ1) is 27.0. The Hall–Kier alpha value is -3.23. The van der Waals surface area contributed by atoms with Gasteiger partial charge in [0.05, 0.1) is 5.60 Å². The lowest BCUT2D eigenvalue weighted by Gasteiger charge is -2.49. The minimum absolute atomic E-state index is 0.0530. The van der Waals surface area contributed by atoms with Crippen molar-refractivity contribution in [2.45, 2.75) is 50.0 Å². The number of piperidine rings is 1. The zero-order chi connectivity index (χ0) is 27.7. The van der Waals surface area contributed by atoms with Crippen LogP contribution in [0.1, 0.15) is 61.1 Å². The van der Waals surface area contributed by atoms with Crippen molar-refractivity contribution in [2.24, 2.45) is 5.41 Å². The fourth-order valence-electron chi connectivity index (χ4n) is 6.97. The molecule has 1 aromatic heterocycles. The normalized spacial score (nSPS) is 19.2. The third-order valence-corrected chi connectivity index (χ3v) is 9.90. The second-order valence-corrected chi connectivity index (χ2v) is 12.2. The Labute approximate surface area is 242 Å². The summed E-state index contributed by atoms with van der Waals surface area (Å²) in [4.78, 5) is 30.5. The second kappa shape index (κ2) is 11.0. The van der Waals surface area contributed by atoms with E-state index in [-0.39, 0.29) is 24.0 Å². The molecule has 1 saturated carbocycles. The monoisotopic (exact) mass is 604 g/mol. The maximum Gasteiger partial charge on any atom is 0.409 e. The molecule has 3 aromatic rings. The van der Waals surface area contributed by atoms with Gasteiger partial charge in [-0.3, -0.25) is 4.98 Å². The number of benzene rings is 2. The van der Waals surface area contributed by atoms with Gasteiger partial charge in [0.25, 0.3) is 0 Å². The van der Waals surface area contributed by atoms with Crippen molar-refractivity contribution in [1.29, 1.82) is 0 Å². The molecule has 3 aliphatic rings. The molecule has 7 nitrogen and oxygen atoms in total. The fourth-order valence-corrected chi connectivity index (χ4v) is 7.58. The molecular formula is C32H33BrN2O5. The summed E-state index contributed by atoms with van der Waals surface area (Å²) < 4.78 is 12.8. The Bertz CT molecular complexity index is 1360. The zero-order valence-electron chi connectivity index (χ0n) is 22.4. The maximum absolute atomic E-state index is 13.1. The number of hydrogen-bond acceptors (Lipinski definition) is 5. The highest BCUT2D eigenvalue weighted by Gasteiger charge is 2.47. The summed E-state index contributed by atoms with van der Waals surface area (Å²) >= 11 is 3.59. The smallest absolute Gasteiger partial charge is 0.409 e. The predicted octanol–water partition coefficient (Wildman–Crippen LogP) is 6.75. The number of amides is 1. The summed E-state index contributed by atoms with van der Waals surface area (Å²) in [6.45, 7) is 1.33. The first-order chi connectivity index (χ1) is 19.4. The van der Waals surface area contributed by atoms with Crippen LogP contribution in [0.3, 0.4) is 0 Å². The largest absolute Gasteiger partial charge is 0.480 e. The molecule has 0 bridgehead atoms. The van der Waals surface area contributed by atoms with Crippen molar-refractivity contribution in [1.82, 2.24) is 9.88 Å². The summed E-state index contributed by atoms with van der Waals surface area (Å²) in [5.41, 5.74) is 5.29. The van der Waals surface area contributed by atoms with E-state index in [2.05, 4.69) is 57.3 Å². The molecule has 1 saturated heterocycles. The average molecular weight is 606 g/mol. The Morgan fingerprint density at radius 2 is 1.55 bits per heavy atom. The minimum Gasteiger partial charge on any atom is -0.480 e. The molecular weight excluding hydrogens is 572 g/mol. The number of aliphatic carboxylic acids is 1. The molecule has 0 atom stereocenters. The van der Waals surface area contributed by atoms with Crippen molar-refractivity contribution >= 4 is 28.0 Å². The number of ether oxygens (including phenoxy) is 2. The van der Waals surface area contributed by atoms with Crippen molar-refractivity contribution in [3.63, 3.8) is 0 Å². The SMILES string of the molecule is O=C(O)COC1(c2ccncc2Br)CCC2(CCN(C(=O)OCC3c4ccccc4-c4ccccc43)CC2)CC1. The summed E-state index contributed by atoms with van der Waals surface area (Å²) in [7, 11) is 0. The van der Waals surface area contributed by atoms with E-state index < -0.39 is 11.6 Å². The van der Waals surface area contributed by atoms with Crippen LogP contribution in [0.25, 0.3) is 11.1 Å². The number of halogens is 1. The molecule has 208 valence electrons. The van der Waals surface area contributed by atoms with Gasteiger partial charge in [0, 0.05) is 41.4 Å². The molecule has 40 heavy (non-hydrogen) atoms. The second-order valence-electron chi connectivity index (χ2n) is 11.3.